The Labute approximate surface area is 101 Å². The largest absolute Gasteiger partial charge is 0.376 e. The zero-order valence-electron chi connectivity index (χ0n) is 8.16. The summed E-state index contributed by atoms with van der Waals surface area (Å²) in [7, 11) is 0. The molecule has 82 valence electrons. The van der Waals surface area contributed by atoms with Crippen molar-refractivity contribution >= 4 is 33.2 Å². The fourth-order valence-electron chi connectivity index (χ4n) is 1.54. The number of halogens is 1. The molecular weight excluding hydrogens is 278 g/mol. The van der Waals surface area contributed by atoms with Gasteiger partial charge in [-0.05, 0) is 40.9 Å². The first kappa shape index (κ1) is 11.1. The summed E-state index contributed by atoms with van der Waals surface area (Å²) in [5, 5.41) is 2.88. The molecule has 1 aromatic heterocycles. The van der Waals surface area contributed by atoms with Gasteiger partial charge in [-0.3, -0.25) is 4.79 Å². The molecule has 2 rings (SSSR count). The molecule has 1 aliphatic heterocycles. The van der Waals surface area contributed by atoms with E-state index in [1.165, 1.54) is 11.3 Å². The van der Waals surface area contributed by atoms with Crippen LogP contribution in [0.3, 0.4) is 0 Å². The maximum Gasteiger partial charge on any atom is 0.261 e. The fourth-order valence-corrected chi connectivity index (χ4v) is 2.84. The molecule has 1 saturated heterocycles. The molecule has 15 heavy (non-hydrogen) atoms. The summed E-state index contributed by atoms with van der Waals surface area (Å²) >= 11 is 4.77. The van der Waals surface area contributed by atoms with E-state index in [1.807, 2.05) is 12.1 Å². The van der Waals surface area contributed by atoms with Crippen LogP contribution in [0.5, 0.6) is 0 Å². The van der Waals surface area contributed by atoms with Gasteiger partial charge in [-0.25, -0.2) is 0 Å². The minimum Gasteiger partial charge on any atom is -0.376 e. The molecule has 5 heteroatoms. The SMILES string of the molecule is O=C(NCC1CCCO1)c1ccc(Br)s1. The molecule has 0 radical (unpaired) electrons. The van der Waals surface area contributed by atoms with E-state index in [-0.39, 0.29) is 12.0 Å². The average Bonchev–Trinajstić information content (AvgIpc) is 2.84. The second-order valence-corrected chi connectivity index (χ2v) is 5.91. The van der Waals surface area contributed by atoms with Crippen molar-refractivity contribution in [3.63, 3.8) is 0 Å². The van der Waals surface area contributed by atoms with E-state index in [1.54, 1.807) is 0 Å². The van der Waals surface area contributed by atoms with Crippen LogP contribution in [0.4, 0.5) is 0 Å². The Morgan fingerprint density at radius 1 is 1.67 bits per heavy atom. The van der Waals surface area contributed by atoms with Gasteiger partial charge in [0.15, 0.2) is 0 Å². The van der Waals surface area contributed by atoms with Crippen LogP contribution in [-0.2, 0) is 4.74 Å². The van der Waals surface area contributed by atoms with Crippen LogP contribution in [0, 0.1) is 0 Å². The van der Waals surface area contributed by atoms with Crippen molar-refractivity contribution in [3.05, 3.63) is 20.8 Å². The molecule has 0 aliphatic carbocycles. The minimum absolute atomic E-state index is 0.0128. The molecule has 3 nitrogen and oxygen atoms in total. The van der Waals surface area contributed by atoms with E-state index < -0.39 is 0 Å². The Kier molecular flexibility index (Phi) is 3.77. The topological polar surface area (TPSA) is 38.3 Å². The second-order valence-electron chi connectivity index (χ2n) is 3.45. The molecular formula is C10H12BrNO2S. The lowest BCUT2D eigenvalue weighted by atomic mass is 10.2. The normalized spacial score (nSPS) is 20.5. The van der Waals surface area contributed by atoms with E-state index in [2.05, 4.69) is 21.2 Å². The van der Waals surface area contributed by atoms with Crippen LogP contribution in [0.2, 0.25) is 0 Å². The Morgan fingerprint density at radius 3 is 3.13 bits per heavy atom. The van der Waals surface area contributed by atoms with Gasteiger partial charge in [0.05, 0.1) is 14.8 Å². The highest BCUT2D eigenvalue weighted by atomic mass is 79.9. The lowest BCUT2D eigenvalue weighted by Gasteiger charge is -2.09. The van der Waals surface area contributed by atoms with Crippen molar-refractivity contribution in [2.45, 2.75) is 18.9 Å². The molecule has 1 aromatic rings. The highest BCUT2D eigenvalue weighted by molar-refractivity contribution is 9.11. The number of rotatable bonds is 3. The van der Waals surface area contributed by atoms with E-state index in [0.29, 0.717) is 6.54 Å². The summed E-state index contributed by atoms with van der Waals surface area (Å²) in [6.45, 7) is 1.44. The lowest BCUT2D eigenvalue weighted by molar-refractivity contribution is 0.0861. The highest BCUT2D eigenvalue weighted by Gasteiger charge is 2.17. The van der Waals surface area contributed by atoms with Crippen molar-refractivity contribution in [1.82, 2.24) is 5.32 Å². The summed E-state index contributed by atoms with van der Waals surface area (Å²) < 4.78 is 6.40. The van der Waals surface area contributed by atoms with Gasteiger partial charge in [0.1, 0.15) is 0 Å². The van der Waals surface area contributed by atoms with Gasteiger partial charge < -0.3 is 10.1 Å². The molecule has 2 heterocycles. The summed E-state index contributed by atoms with van der Waals surface area (Å²) in [5.41, 5.74) is 0. The van der Waals surface area contributed by atoms with E-state index in [0.717, 1.165) is 28.1 Å². The average molecular weight is 290 g/mol. The molecule has 1 fully saturated rings. The summed E-state index contributed by atoms with van der Waals surface area (Å²) in [5.74, 6) is -0.0128. The number of ether oxygens (including phenoxy) is 1. The lowest BCUT2D eigenvalue weighted by Crippen LogP contribution is -2.31. The van der Waals surface area contributed by atoms with Gasteiger partial charge >= 0.3 is 0 Å². The zero-order valence-corrected chi connectivity index (χ0v) is 10.6. The van der Waals surface area contributed by atoms with Gasteiger partial charge in [0, 0.05) is 13.2 Å². The van der Waals surface area contributed by atoms with Crippen LogP contribution >= 0.6 is 27.3 Å². The Balaban J connectivity index is 1.81. The van der Waals surface area contributed by atoms with Crippen molar-refractivity contribution < 1.29 is 9.53 Å². The van der Waals surface area contributed by atoms with E-state index in [4.69, 9.17) is 4.74 Å². The number of nitrogens with one attached hydrogen (secondary N) is 1. The molecule has 1 amide bonds. The number of hydrogen-bond acceptors (Lipinski definition) is 3. The molecule has 1 aliphatic rings. The van der Waals surface area contributed by atoms with Crippen molar-refractivity contribution in [3.8, 4) is 0 Å². The number of hydrogen-bond donors (Lipinski definition) is 1. The van der Waals surface area contributed by atoms with E-state index in [9.17, 15) is 4.79 Å². The first-order chi connectivity index (χ1) is 7.25. The summed E-state index contributed by atoms with van der Waals surface area (Å²) in [4.78, 5) is 12.4. The molecule has 1 unspecified atom stereocenters. The third kappa shape index (κ3) is 3.03. The molecule has 1 N–H and O–H groups in total. The molecule has 1 atom stereocenters. The van der Waals surface area contributed by atoms with Crippen molar-refractivity contribution in [1.29, 1.82) is 0 Å². The first-order valence-corrected chi connectivity index (χ1v) is 6.52. The zero-order chi connectivity index (χ0) is 10.7. The van der Waals surface area contributed by atoms with Gasteiger partial charge in [-0.1, -0.05) is 0 Å². The van der Waals surface area contributed by atoms with Gasteiger partial charge in [0.2, 0.25) is 0 Å². The number of carbonyl (C=O) groups excluding carboxylic acids is 1. The van der Waals surface area contributed by atoms with Gasteiger partial charge in [-0.15, -0.1) is 11.3 Å². The first-order valence-electron chi connectivity index (χ1n) is 4.91. The van der Waals surface area contributed by atoms with Crippen molar-refractivity contribution in [2.75, 3.05) is 13.2 Å². The fraction of sp³-hybridized carbons (Fsp3) is 0.500. The number of amides is 1. The summed E-state index contributed by atoms with van der Waals surface area (Å²) in [6.07, 6.45) is 2.36. The predicted molar refractivity (Wildman–Crippen MR) is 63.3 cm³/mol. The maximum atomic E-state index is 11.6. The highest BCUT2D eigenvalue weighted by Crippen LogP contribution is 2.21. The maximum absolute atomic E-state index is 11.6. The Morgan fingerprint density at radius 2 is 2.53 bits per heavy atom. The molecule has 0 aromatic carbocycles. The third-order valence-corrected chi connectivity index (χ3v) is 3.93. The predicted octanol–water partition coefficient (Wildman–Crippen LogP) is 2.42. The van der Waals surface area contributed by atoms with Crippen LogP contribution in [0.1, 0.15) is 22.5 Å². The number of thiophene rings is 1. The van der Waals surface area contributed by atoms with Crippen molar-refractivity contribution in [2.24, 2.45) is 0 Å². The van der Waals surface area contributed by atoms with Gasteiger partial charge in [0.25, 0.3) is 5.91 Å². The molecule has 0 bridgehead atoms. The van der Waals surface area contributed by atoms with Crippen LogP contribution in [0.25, 0.3) is 0 Å². The van der Waals surface area contributed by atoms with E-state index >= 15 is 0 Å². The van der Waals surface area contributed by atoms with Crippen LogP contribution < -0.4 is 5.32 Å². The molecule has 0 saturated carbocycles. The Hall–Kier alpha value is -0.390. The third-order valence-electron chi connectivity index (χ3n) is 2.31. The van der Waals surface area contributed by atoms with Gasteiger partial charge in [-0.2, -0.15) is 0 Å². The smallest absolute Gasteiger partial charge is 0.261 e. The summed E-state index contributed by atoms with van der Waals surface area (Å²) in [6, 6.07) is 3.70. The number of carbonyl (C=O) groups is 1. The quantitative estimate of drug-likeness (QED) is 0.928. The van der Waals surface area contributed by atoms with Crippen LogP contribution in [-0.4, -0.2) is 25.2 Å². The van der Waals surface area contributed by atoms with Crippen LogP contribution in [0.15, 0.2) is 15.9 Å². The monoisotopic (exact) mass is 289 g/mol. The minimum atomic E-state index is -0.0128. The second kappa shape index (κ2) is 5.09. The molecule has 0 spiro atoms. The Bertz CT molecular complexity index is 347. The standard InChI is InChI=1S/C10H12BrNO2S/c11-9-4-3-8(15-9)10(13)12-6-7-2-1-5-14-7/h3-4,7H,1-2,5-6H2,(H,12,13).